The summed E-state index contributed by atoms with van der Waals surface area (Å²) in [6.45, 7) is 0. The van der Waals surface area contributed by atoms with Gasteiger partial charge in [0.15, 0.2) is 0 Å². The van der Waals surface area contributed by atoms with Crippen molar-refractivity contribution < 1.29 is 0 Å². The molecule has 0 aromatic carbocycles. The van der Waals surface area contributed by atoms with Gasteiger partial charge in [0.05, 0.1) is 0 Å². The molecule has 1 aliphatic rings. The van der Waals surface area contributed by atoms with Crippen LogP contribution in [0, 0.1) is 0 Å². The third kappa shape index (κ3) is 1.39. The van der Waals surface area contributed by atoms with Gasteiger partial charge in [-0.25, -0.2) is 0 Å². The molecule has 0 fully saturated rings. The molecule has 1 aliphatic carbocycles. The van der Waals surface area contributed by atoms with Crippen LogP contribution in [0.25, 0.3) is 0 Å². The second-order valence-electron chi connectivity index (χ2n) is 1.61. The summed E-state index contributed by atoms with van der Waals surface area (Å²) < 4.78 is 0. The van der Waals surface area contributed by atoms with E-state index in [9.17, 15) is 0 Å². The molecule has 0 aromatic heterocycles. The minimum absolute atomic E-state index is 1.10. The summed E-state index contributed by atoms with van der Waals surface area (Å²) in [7, 11) is 0. The zero-order chi connectivity index (χ0) is 5.11. The van der Waals surface area contributed by atoms with Crippen molar-refractivity contribution in [3.8, 4) is 0 Å². The molecule has 0 radical (unpaired) electrons. The minimum atomic E-state index is 1.10. The lowest BCUT2D eigenvalue weighted by atomic mass is 10.2. The van der Waals surface area contributed by atoms with Crippen molar-refractivity contribution in [2.24, 2.45) is 0 Å². The lowest BCUT2D eigenvalue weighted by molar-refractivity contribution is 1.03. The van der Waals surface area contributed by atoms with Crippen LogP contribution < -0.4 is 0 Å². The van der Waals surface area contributed by atoms with Gasteiger partial charge >= 0.3 is 0 Å². The molecule has 1 heteroatoms. The van der Waals surface area contributed by atoms with Gasteiger partial charge in [0.2, 0.25) is 0 Å². The molecule has 0 bridgehead atoms. The maximum atomic E-state index is 4.14. The SMILES string of the molecule is SC1=CCCC=C1. The normalized spacial score (nSPS) is 19.3. The number of hydrogen-bond acceptors (Lipinski definition) is 1. The highest BCUT2D eigenvalue weighted by molar-refractivity contribution is 7.84. The topological polar surface area (TPSA) is 0 Å². The Hall–Kier alpha value is -0.170. The van der Waals surface area contributed by atoms with Crippen molar-refractivity contribution in [3.63, 3.8) is 0 Å². The van der Waals surface area contributed by atoms with Crippen molar-refractivity contribution in [2.45, 2.75) is 12.8 Å². The summed E-state index contributed by atoms with van der Waals surface area (Å²) in [5.74, 6) is 0. The van der Waals surface area contributed by atoms with E-state index in [1.165, 1.54) is 6.42 Å². The van der Waals surface area contributed by atoms with Crippen molar-refractivity contribution in [1.29, 1.82) is 0 Å². The van der Waals surface area contributed by atoms with Crippen LogP contribution in [0.5, 0.6) is 0 Å². The van der Waals surface area contributed by atoms with Crippen LogP contribution in [-0.4, -0.2) is 0 Å². The fourth-order valence-electron chi connectivity index (χ4n) is 0.600. The molecular weight excluding hydrogens is 104 g/mol. The van der Waals surface area contributed by atoms with Gasteiger partial charge in [-0.15, -0.1) is 12.6 Å². The van der Waals surface area contributed by atoms with E-state index in [4.69, 9.17) is 0 Å². The molecule has 7 heavy (non-hydrogen) atoms. The van der Waals surface area contributed by atoms with Gasteiger partial charge in [-0.3, -0.25) is 0 Å². The fraction of sp³-hybridized carbons (Fsp3) is 0.333. The Morgan fingerprint density at radius 3 is 2.57 bits per heavy atom. The molecule has 0 aliphatic heterocycles. The molecule has 38 valence electrons. The second-order valence-corrected chi connectivity index (χ2v) is 2.13. The quantitative estimate of drug-likeness (QED) is 0.456. The van der Waals surface area contributed by atoms with E-state index in [0.29, 0.717) is 0 Å². The Bertz CT molecular complexity index is 111. The molecule has 1 rings (SSSR count). The van der Waals surface area contributed by atoms with Gasteiger partial charge < -0.3 is 0 Å². The predicted molar refractivity (Wildman–Crippen MR) is 35.4 cm³/mol. The second kappa shape index (κ2) is 2.22. The Morgan fingerprint density at radius 2 is 2.29 bits per heavy atom. The molecule has 0 saturated heterocycles. The van der Waals surface area contributed by atoms with E-state index in [1.807, 2.05) is 6.08 Å². The molecule has 0 nitrogen and oxygen atoms in total. The minimum Gasteiger partial charge on any atom is -0.144 e. The summed E-state index contributed by atoms with van der Waals surface area (Å²) in [4.78, 5) is 1.10. The van der Waals surface area contributed by atoms with Crippen LogP contribution in [0.2, 0.25) is 0 Å². The first kappa shape index (κ1) is 4.98. The maximum absolute atomic E-state index is 4.14. The highest BCUT2D eigenvalue weighted by Crippen LogP contribution is 2.11. The average Bonchev–Trinajstić information content (AvgIpc) is 1.69. The van der Waals surface area contributed by atoms with Gasteiger partial charge in [0, 0.05) is 0 Å². The highest BCUT2D eigenvalue weighted by Gasteiger charge is 1.87. The summed E-state index contributed by atoms with van der Waals surface area (Å²) >= 11 is 4.14. The first-order chi connectivity index (χ1) is 3.39. The Balaban J connectivity index is 2.58. The van der Waals surface area contributed by atoms with Crippen LogP contribution in [0.3, 0.4) is 0 Å². The van der Waals surface area contributed by atoms with E-state index in [2.05, 4.69) is 24.8 Å². The summed E-state index contributed by atoms with van der Waals surface area (Å²) in [6, 6.07) is 0. The first-order valence-corrected chi connectivity index (χ1v) is 2.90. The van der Waals surface area contributed by atoms with Crippen LogP contribution in [0.4, 0.5) is 0 Å². The third-order valence-corrected chi connectivity index (χ3v) is 1.31. The molecule has 0 saturated carbocycles. The molecule has 0 aromatic rings. The molecular formula is C6H8S. The monoisotopic (exact) mass is 112 g/mol. The van der Waals surface area contributed by atoms with Crippen LogP contribution in [0.15, 0.2) is 23.1 Å². The lowest BCUT2D eigenvalue weighted by Gasteiger charge is -1.95. The zero-order valence-electron chi connectivity index (χ0n) is 4.09. The van der Waals surface area contributed by atoms with Gasteiger partial charge in [0.1, 0.15) is 0 Å². The van der Waals surface area contributed by atoms with Gasteiger partial charge in [-0.2, -0.15) is 0 Å². The largest absolute Gasteiger partial charge is 0.144 e. The first-order valence-electron chi connectivity index (χ1n) is 2.45. The summed E-state index contributed by atoms with van der Waals surface area (Å²) in [5.41, 5.74) is 0. The lowest BCUT2D eigenvalue weighted by Crippen LogP contribution is -1.73. The van der Waals surface area contributed by atoms with Gasteiger partial charge in [0.25, 0.3) is 0 Å². The molecule has 0 amide bonds. The zero-order valence-corrected chi connectivity index (χ0v) is 4.99. The molecule has 0 spiro atoms. The summed E-state index contributed by atoms with van der Waals surface area (Å²) in [6.07, 6.45) is 8.65. The highest BCUT2D eigenvalue weighted by atomic mass is 32.1. The van der Waals surface area contributed by atoms with Crippen molar-refractivity contribution in [3.05, 3.63) is 23.1 Å². The number of hydrogen-bond donors (Lipinski definition) is 1. The number of thiol groups is 1. The van der Waals surface area contributed by atoms with Crippen molar-refractivity contribution >= 4 is 12.6 Å². The van der Waals surface area contributed by atoms with E-state index >= 15 is 0 Å². The number of allylic oxidation sites excluding steroid dienone is 3. The van der Waals surface area contributed by atoms with Crippen molar-refractivity contribution in [1.82, 2.24) is 0 Å². The maximum Gasteiger partial charge on any atom is -0.000306 e. The smallest absolute Gasteiger partial charge is 0.000306 e. The molecule has 0 N–H and O–H groups in total. The van der Waals surface area contributed by atoms with E-state index in [0.717, 1.165) is 11.3 Å². The Morgan fingerprint density at radius 1 is 1.43 bits per heavy atom. The Labute approximate surface area is 49.3 Å². The predicted octanol–water partition coefficient (Wildman–Crippen LogP) is 2.15. The molecule has 0 heterocycles. The van der Waals surface area contributed by atoms with Crippen LogP contribution >= 0.6 is 12.6 Å². The molecule has 0 atom stereocenters. The fourth-order valence-corrected chi connectivity index (χ4v) is 0.834. The Kier molecular flexibility index (Phi) is 1.58. The van der Waals surface area contributed by atoms with Crippen LogP contribution in [-0.2, 0) is 0 Å². The van der Waals surface area contributed by atoms with Crippen molar-refractivity contribution in [2.75, 3.05) is 0 Å². The van der Waals surface area contributed by atoms with E-state index in [1.54, 1.807) is 0 Å². The molecule has 0 unspecified atom stereocenters. The van der Waals surface area contributed by atoms with E-state index < -0.39 is 0 Å². The summed E-state index contributed by atoms with van der Waals surface area (Å²) in [5, 5.41) is 0. The third-order valence-electron chi connectivity index (χ3n) is 0.975. The average molecular weight is 112 g/mol. The van der Waals surface area contributed by atoms with Gasteiger partial charge in [-0.05, 0) is 17.7 Å². The van der Waals surface area contributed by atoms with Gasteiger partial charge in [-0.1, -0.05) is 18.2 Å². The standard InChI is InChI=1S/C6H8S/c7-6-4-2-1-3-5-6/h2,4-5,7H,1,3H2. The number of rotatable bonds is 0. The van der Waals surface area contributed by atoms with Crippen LogP contribution in [0.1, 0.15) is 12.8 Å². The van der Waals surface area contributed by atoms with E-state index in [-0.39, 0.29) is 0 Å².